The lowest BCUT2D eigenvalue weighted by Crippen LogP contribution is -2.13. The van der Waals surface area contributed by atoms with Crippen LogP contribution in [0.15, 0.2) is 29.6 Å². The van der Waals surface area contributed by atoms with Crippen molar-refractivity contribution in [1.82, 2.24) is 14.6 Å². The van der Waals surface area contributed by atoms with Gasteiger partial charge in [0.2, 0.25) is 0 Å². The second kappa shape index (κ2) is 7.35. The van der Waals surface area contributed by atoms with Crippen LogP contribution in [0.1, 0.15) is 16.7 Å². The number of fused-ring (bicyclic) bond motifs is 2. The number of hydrogen-bond acceptors (Lipinski definition) is 7. The highest BCUT2D eigenvalue weighted by atomic mass is 35.5. The summed E-state index contributed by atoms with van der Waals surface area (Å²) >= 11 is 6.96. The highest BCUT2D eigenvalue weighted by molar-refractivity contribution is 7.98. The molecule has 2 aromatic heterocycles. The predicted octanol–water partition coefficient (Wildman–Crippen LogP) is 4.47. The van der Waals surface area contributed by atoms with Crippen molar-refractivity contribution >= 4 is 34.7 Å². The van der Waals surface area contributed by atoms with Crippen LogP contribution < -0.4 is 4.74 Å². The number of pyridine rings is 1. The molecule has 1 aromatic carbocycles. The summed E-state index contributed by atoms with van der Waals surface area (Å²) in [6.07, 6.45) is -3.73. The van der Waals surface area contributed by atoms with Crippen molar-refractivity contribution in [1.29, 1.82) is 0 Å². The summed E-state index contributed by atoms with van der Waals surface area (Å²) in [7, 11) is 0. The predicted molar refractivity (Wildman–Crippen MR) is 95.9 cm³/mol. The van der Waals surface area contributed by atoms with Crippen molar-refractivity contribution in [3.8, 4) is 5.75 Å². The Morgan fingerprint density at radius 3 is 2.83 bits per heavy atom. The molecule has 3 aromatic rings. The number of nitro benzene ring substituents is 1. The molecule has 4 rings (SSSR count). The Kier molecular flexibility index (Phi) is 5.00. The Bertz CT molecular complexity index is 1120. The molecule has 0 saturated heterocycles. The Labute approximate surface area is 169 Å². The molecule has 152 valence electrons. The standard InChI is InChI=1S/C16H10ClF3N4O4S/c17-12-3-10(16(18,19)20)4-23-14(12)21-22-15(23)29-6-9-2-11(24(25)26)1-8-5-27-7-28-13(8)9/h1-4H,5-7H2. The molecule has 0 amide bonds. The van der Waals surface area contributed by atoms with Crippen molar-refractivity contribution in [3.63, 3.8) is 0 Å². The van der Waals surface area contributed by atoms with E-state index < -0.39 is 16.7 Å². The number of alkyl halides is 3. The van der Waals surface area contributed by atoms with Gasteiger partial charge in [-0.25, -0.2) is 0 Å². The molecule has 0 fully saturated rings. The summed E-state index contributed by atoms with van der Waals surface area (Å²) in [6.45, 7) is 0.161. The largest absolute Gasteiger partial charge is 0.467 e. The van der Waals surface area contributed by atoms with Gasteiger partial charge in [0, 0.05) is 35.2 Å². The normalized spacial score (nSPS) is 13.9. The van der Waals surface area contributed by atoms with Gasteiger partial charge in [0.15, 0.2) is 17.6 Å². The monoisotopic (exact) mass is 446 g/mol. The molecule has 0 bridgehead atoms. The fourth-order valence-corrected chi connectivity index (χ4v) is 3.95. The summed E-state index contributed by atoms with van der Waals surface area (Å²) in [5, 5.41) is 18.9. The molecule has 8 nitrogen and oxygen atoms in total. The lowest BCUT2D eigenvalue weighted by atomic mass is 10.1. The average Bonchev–Trinajstić information content (AvgIpc) is 3.08. The topological polar surface area (TPSA) is 91.8 Å². The van der Waals surface area contributed by atoms with Crippen LogP contribution in [0.2, 0.25) is 5.02 Å². The highest BCUT2D eigenvalue weighted by Crippen LogP contribution is 2.37. The summed E-state index contributed by atoms with van der Waals surface area (Å²) in [5.74, 6) is 0.607. The fourth-order valence-electron chi connectivity index (χ4n) is 2.82. The van der Waals surface area contributed by atoms with Gasteiger partial charge < -0.3 is 9.47 Å². The first-order valence-corrected chi connectivity index (χ1v) is 9.35. The van der Waals surface area contributed by atoms with Crippen molar-refractivity contribution < 1.29 is 27.6 Å². The summed E-state index contributed by atoms with van der Waals surface area (Å²) in [6, 6.07) is 3.50. The first kappa shape index (κ1) is 19.7. The van der Waals surface area contributed by atoms with E-state index in [0.29, 0.717) is 16.9 Å². The number of nitrogens with zero attached hydrogens (tertiary/aromatic N) is 4. The van der Waals surface area contributed by atoms with Gasteiger partial charge in [-0.1, -0.05) is 23.4 Å². The quantitative estimate of drug-likeness (QED) is 0.331. The Hall–Kier alpha value is -2.57. The Morgan fingerprint density at radius 1 is 1.31 bits per heavy atom. The molecule has 0 unspecified atom stereocenters. The van der Waals surface area contributed by atoms with Gasteiger partial charge in [0.1, 0.15) is 5.75 Å². The average molecular weight is 447 g/mol. The highest BCUT2D eigenvalue weighted by Gasteiger charge is 2.32. The lowest BCUT2D eigenvalue weighted by Gasteiger charge is -2.20. The van der Waals surface area contributed by atoms with Crippen LogP contribution in [0.25, 0.3) is 5.65 Å². The zero-order valence-corrected chi connectivity index (χ0v) is 15.8. The van der Waals surface area contributed by atoms with Crippen LogP contribution in [-0.2, 0) is 23.3 Å². The zero-order valence-electron chi connectivity index (χ0n) is 14.3. The van der Waals surface area contributed by atoms with E-state index in [2.05, 4.69) is 10.2 Å². The number of non-ortho nitro benzene ring substituents is 1. The fraction of sp³-hybridized carbons (Fsp3) is 0.250. The Balaban J connectivity index is 1.69. The molecular formula is C16H10ClF3N4O4S. The molecule has 0 spiro atoms. The van der Waals surface area contributed by atoms with Gasteiger partial charge >= 0.3 is 6.18 Å². The maximum Gasteiger partial charge on any atom is 0.417 e. The summed E-state index contributed by atoms with van der Waals surface area (Å²) in [5.41, 5.74) is 0.0200. The summed E-state index contributed by atoms with van der Waals surface area (Å²) < 4.78 is 51.0. The minimum atomic E-state index is -4.59. The van der Waals surface area contributed by atoms with E-state index in [0.717, 1.165) is 28.4 Å². The van der Waals surface area contributed by atoms with Crippen LogP contribution >= 0.6 is 23.4 Å². The molecular weight excluding hydrogens is 437 g/mol. The van der Waals surface area contributed by atoms with Crippen LogP contribution in [0.4, 0.5) is 18.9 Å². The molecule has 0 saturated carbocycles. The minimum Gasteiger partial charge on any atom is -0.467 e. The van der Waals surface area contributed by atoms with E-state index in [4.69, 9.17) is 21.1 Å². The molecule has 13 heteroatoms. The van der Waals surface area contributed by atoms with Gasteiger partial charge in [-0.15, -0.1) is 10.2 Å². The number of halogens is 4. The van der Waals surface area contributed by atoms with Crippen LogP contribution in [0.5, 0.6) is 5.75 Å². The smallest absolute Gasteiger partial charge is 0.417 e. The third-order valence-electron chi connectivity index (χ3n) is 4.10. The molecule has 0 aliphatic carbocycles. The van der Waals surface area contributed by atoms with E-state index in [1.165, 1.54) is 12.1 Å². The number of rotatable bonds is 4. The molecule has 3 heterocycles. The lowest BCUT2D eigenvalue weighted by molar-refractivity contribution is -0.385. The first-order valence-electron chi connectivity index (χ1n) is 7.99. The number of hydrogen-bond donors (Lipinski definition) is 0. The van der Waals surface area contributed by atoms with Crippen LogP contribution in [0, 0.1) is 10.1 Å². The SMILES string of the molecule is O=[N+]([O-])c1cc2c(c(CSc3nnc4c(Cl)cc(C(F)(F)F)cn34)c1)OCOC2. The van der Waals surface area contributed by atoms with E-state index in [9.17, 15) is 23.3 Å². The number of aromatic nitrogens is 3. The molecule has 0 N–H and O–H groups in total. The maximum absolute atomic E-state index is 13.1. The second-order valence-corrected chi connectivity index (χ2v) is 7.35. The molecule has 0 radical (unpaired) electrons. The molecule has 0 atom stereocenters. The number of ether oxygens (including phenoxy) is 2. The van der Waals surface area contributed by atoms with E-state index in [-0.39, 0.29) is 40.7 Å². The van der Waals surface area contributed by atoms with Gasteiger partial charge in [-0.2, -0.15) is 13.2 Å². The minimum absolute atomic E-state index is 0.000884. The maximum atomic E-state index is 13.1. The third-order valence-corrected chi connectivity index (χ3v) is 5.37. The molecule has 29 heavy (non-hydrogen) atoms. The van der Waals surface area contributed by atoms with Gasteiger partial charge in [0.05, 0.1) is 22.1 Å². The van der Waals surface area contributed by atoms with E-state index in [1.807, 2.05) is 0 Å². The third kappa shape index (κ3) is 3.82. The van der Waals surface area contributed by atoms with Crippen molar-refractivity contribution in [2.75, 3.05) is 6.79 Å². The van der Waals surface area contributed by atoms with Gasteiger partial charge in [0.25, 0.3) is 5.69 Å². The van der Waals surface area contributed by atoms with Crippen LogP contribution in [0.3, 0.4) is 0 Å². The van der Waals surface area contributed by atoms with Crippen molar-refractivity contribution in [2.24, 2.45) is 0 Å². The van der Waals surface area contributed by atoms with E-state index in [1.54, 1.807) is 0 Å². The number of benzene rings is 1. The van der Waals surface area contributed by atoms with Crippen molar-refractivity contribution in [3.05, 3.63) is 56.2 Å². The second-order valence-electron chi connectivity index (χ2n) is 6.00. The molecule has 1 aliphatic rings. The van der Waals surface area contributed by atoms with E-state index >= 15 is 0 Å². The summed E-state index contributed by atoms with van der Waals surface area (Å²) in [4.78, 5) is 10.6. The van der Waals surface area contributed by atoms with Crippen LogP contribution in [-0.4, -0.2) is 26.3 Å². The Morgan fingerprint density at radius 2 is 2.10 bits per heavy atom. The first-order chi connectivity index (χ1) is 13.7. The molecule has 1 aliphatic heterocycles. The number of nitro groups is 1. The zero-order chi connectivity index (χ0) is 20.8. The number of thioether (sulfide) groups is 1. The van der Waals surface area contributed by atoms with Crippen molar-refractivity contribution in [2.45, 2.75) is 23.7 Å². The van der Waals surface area contributed by atoms with Gasteiger partial charge in [-0.3, -0.25) is 14.5 Å². The van der Waals surface area contributed by atoms with Gasteiger partial charge in [-0.05, 0) is 6.07 Å².